The van der Waals surface area contributed by atoms with Crippen LogP contribution >= 0.6 is 0 Å². The molecule has 1 aliphatic carbocycles. The predicted octanol–water partition coefficient (Wildman–Crippen LogP) is 4.64. The minimum absolute atomic E-state index is 0.580. The minimum Gasteiger partial charge on any atom is -0.370 e. The zero-order valence-electron chi connectivity index (χ0n) is 16.9. The van der Waals surface area contributed by atoms with Crippen LogP contribution in [0.1, 0.15) is 61.8 Å². The summed E-state index contributed by atoms with van der Waals surface area (Å²) in [6.45, 7) is 2.15. The second kappa shape index (κ2) is 8.97. The van der Waals surface area contributed by atoms with Crippen LogP contribution in [-0.2, 0) is 0 Å². The number of hydrogen-bond acceptors (Lipinski definition) is 4. The highest BCUT2D eigenvalue weighted by Gasteiger charge is 2.21. The Labute approximate surface area is 169 Å². The number of anilines is 2. The van der Waals surface area contributed by atoms with E-state index in [0.29, 0.717) is 12.0 Å². The van der Waals surface area contributed by atoms with Crippen LogP contribution in [0.3, 0.4) is 0 Å². The fraction of sp³-hybridized carbons (Fsp3) is 0.500. The normalized spacial score (nSPS) is 21.6. The molecule has 1 aliphatic heterocycles. The third-order valence-corrected chi connectivity index (χ3v) is 6.46. The van der Waals surface area contributed by atoms with Crippen molar-refractivity contribution in [1.82, 2.24) is 5.32 Å². The van der Waals surface area contributed by atoms with Gasteiger partial charge in [-0.2, -0.15) is 0 Å². The van der Waals surface area contributed by atoms with Crippen LogP contribution in [0.2, 0.25) is 0 Å². The number of nitrogens with one attached hydrogen (secondary N) is 2. The van der Waals surface area contributed by atoms with Gasteiger partial charge in [0.1, 0.15) is 0 Å². The molecule has 1 saturated heterocycles. The highest BCUT2D eigenvalue weighted by atomic mass is 16.3. The maximum absolute atomic E-state index is 10.6. The molecular formula is C24H33N3O. The molecule has 0 aromatic heterocycles. The van der Waals surface area contributed by atoms with Gasteiger partial charge in [0.05, 0.1) is 0 Å². The number of aliphatic hydroxyl groups excluding tert-OH is 1. The van der Waals surface area contributed by atoms with Crippen molar-refractivity contribution in [3.8, 4) is 0 Å². The maximum atomic E-state index is 10.6. The van der Waals surface area contributed by atoms with Gasteiger partial charge < -0.3 is 20.6 Å². The summed E-state index contributed by atoms with van der Waals surface area (Å²) in [5.41, 5.74) is 4.53. The Hall–Kier alpha value is -2.04. The summed E-state index contributed by atoms with van der Waals surface area (Å²) in [5, 5.41) is 17.2. The van der Waals surface area contributed by atoms with E-state index in [0.717, 1.165) is 24.3 Å². The quantitative estimate of drug-likeness (QED) is 0.640. The third-order valence-electron chi connectivity index (χ3n) is 6.46. The average Bonchev–Trinajstić information content (AvgIpc) is 3.24. The first-order valence-corrected chi connectivity index (χ1v) is 10.8. The molecule has 0 bridgehead atoms. The van der Waals surface area contributed by atoms with Crippen LogP contribution in [-0.4, -0.2) is 31.3 Å². The van der Waals surface area contributed by atoms with Gasteiger partial charge in [-0.15, -0.1) is 0 Å². The molecule has 2 fully saturated rings. The van der Waals surface area contributed by atoms with Gasteiger partial charge >= 0.3 is 0 Å². The Morgan fingerprint density at radius 3 is 2.29 bits per heavy atom. The average molecular weight is 380 g/mol. The van der Waals surface area contributed by atoms with Crippen molar-refractivity contribution in [2.24, 2.45) is 0 Å². The largest absolute Gasteiger partial charge is 0.370 e. The first-order valence-electron chi connectivity index (χ1n) is 10.8. The summed E-state index contributed by atoms with van der Waals surface area (Å²) in [4.78, 5) is 2.41. The van der Waals surface area contributed by atoms with E-state index in [1.165, 1.54) is 49.8 Å². The van der Waals surface area contributed by atoms with Crippen molar-refractivity contribution in [2.45, 2.75) is 56.7 Å². The fourth-order valence-electron chi connectivity index (χ4n) is 4.63. The van der Waals surface area contributed by atoms with E-state index in [4.69, 9.17) is 0 Å². The van der Waals surface area contributed by atoms with Crippen molar-refractivity contribution in [1.29, 1.82) is 0 Å². The van der Waals surface area contributed by atoms with Crippen LogP contribution in [0, 0.1) is 0 Å². The second-order valence-electron chi connectivity index (χ2n) is 8.32. The molecule has 2 aromatic carbocycles. The zero-order chi connectivity index (χ0) is 19.3. The monoisotopic (exact) mass is 379 g/mol. The second-order valence-corrected chi connectivity index (χ2v) is 8.32. The van der Waals surface area contributed by atoms with E-state index in [2.05, 4.69) is 64.1 Å². The molecule has 2 atom stereocenters. The molecule has 28 heavy (non-hydrogen) atoms. The van der Waals surface area contributed by atoms with Crippen molar-refractivity contribution < 1.29 is 5.11 Å². The van der Waals surface area contributed by atoms with Gasteiger partial charge in [0.2, 0.25) is 0 Å². The Balaban J connectivity index is 1.34. The van der Waals surface area contributed by atoms with Crippen molar-refractivity contribution in [3.63, 3.8) is 0 Å². The topological polar surface area (TPSA) is 47.5 Å². The zero-order valence-corrected chi connectivity index (χ0v) is 16.9. The molecule has 2 aromatic rings. The van der Waals surface area contributed by atoms with Gasteiger partial charge in [0, 0.05) is 36.1 Å². The molecule has 150 valence electrons. The Kier molecular flexibility index (Phi) is 6.18. The molecule has 2 aliphatic rings. The summed E-state index contributed by atoms with van der Waals surface area (Å²) in [7, 11) is 2.03. The molecule has 2 unspecified atom stereocenters. The molecule has 0 radical (unpaired) electrons. The lowest BCUT2D eigenvalue weighted by Gasteiger charge is -2.23. The lowest BCUT2D eigenvalue weighted by molar-refractivity contribution is 0.208. The van der Waals surface area contributed by atoms with E-state index in [1.54, 1.807) is 0 Å². The van der Waals surface area contributed by atoms with Crippen molar-refractivity contribution in [2.75, 3.05) is 30.4 Å². The van der Waals surface area contributed by atoms with Gasteiger partial charge in [-0.3, -0.25) is 0 Å². The summed E-state index contributed by atoms with van der Waals surface area (Å²) in [6.07, 6.45) is 7.18. The fourth-order valence-corrected chi connectivity index (χ4v) is 4.63. The molecule has 4 nitrogen and oxygen atoms in total. The molecule has 1 heterocycles. The minimum atomic E-state index is -0.688. The first kappa shape index (κ1) is 19.3. The molecule has 3 N–H and O–H groups in total. The first-order chi connectivity index (χ1) is 13.7. The van der Waals surface area contributed by atoms with E-state index in [-0.39, 0.29) is 0 Å². The number of likely N-dealkylation sites (N-methyl/N-ethyl adjacent to an activating group) is 1. The lowest BCUT2D eigenvalue weighted by atomic mass is 9.84. The SMILES string of the molecule is CNC1CCN(c2ccc(NC(O)c3ccc(C4CCCCC4)cc3)cc2)C1. The molecule has 4 rings (SSSR count). The molecule has 4 heteroatoms. The number of hydrogen-bond donors (Lipinski definition) is 3. The molecule has 0 spiro atoms. The number of nitrogens with zero attached hydrogens (tertiary/aromatic N) is 1. The Morgan fingerprint density at radius 1 is 0.929 bits per heavy atom. The number of benzene rings is 2. The Bertz CT molecular complexity index is 737. The Morgan fingerprint density at radius 2 is 1.64 bits per heavy atom. The summed E-state index contributed by atoms with van der Waals surface area (Å²) >= 11 is 0. The van der Waals surface area contributed by atoms with E-state index in [9.17, 15) is 5.11 Å². The molecule has 0 amide bonds. The van der Waals surface area contributed by atoms with Crippen molar-refractivity contribution >= 4 is 11.4 Å². The summed E-state index contributed by atoms with van der Waals surface area (Å²) in [5.74, 6) is 0.702. The third kappa shape index (κ3) is 4.50. The highest BCUT2D eigenvalue weighted by molar-refractivity contribution is 5.56. The summed E-state index contributed by atoms with van der Waals surface area (Å²) < 4.78 is 0. The van der Waals surface area contributed by atoms with E-state index < -0.39 is 6.23 Å². The highest BCUT2D eigenvalue weighted by Crippen LogP contribution is 2.33. The molecular weight excluding hydrogens is 346 g/mol. The van der Waals surface area contributed by atoms with Gasteiger partial charge in [-0.25, -0.2) is 0 Å². The van der Waals surface area contributed by atoms with E-state index in [1.807, 2.05) is 7.05 Å². The lowest BCUT2D eigenvalue weighted by Crippen LogP contribution is -2.29. The van der Waals surface area contributed by atoms with E-state index >= 15 is 0 Å². The predicted molar refractivity (Wildman–Crippen MR) is 117 cm³/mol. The van der Waals surface area contributed by atoms with Gasteiger partial charge in [0.15, 0.2) is 6.23 Å². The summed E-state index contributed by atoms with van der Waals surface area (Å²) in [6, 6.07) is 17.5. The molecule has 1 saturated carbocycles. The smallest absolute Gasteiger partial charge is 0.150 e. The van der Waals surface area contributed by atoms with Gasteiger partial charge in [-0.1, -0.05) is 43.5 Å². The van der Waals surface area contributed by atoms with Crippen LogP contribution < -0.4 is 15.5 Å². The maximum Gasteiger partial charge on any atom is 0.150 e. The van der Waals surface area contributed by atoms with Crippen LogP contribution in [0.5, 0.6) is 0 Å². The van der Waals surface area contributed by atoms with Crippen molar-refractivity contribution in [3.05, 3.63) is 59.7 Å². The van der Waals surface area contributed by atoms with Gasteiger partial charge in [0.25, 0.3) is 0 Å². The standard InChI is InChI=1S/C24H33N3O/c1-25-22-15-16-27(17-22)23-13-11-21(12-14-23)26-24(28)20-9-7-19(8-10-20)18-5-3-2-4-6-18/h7-14,18,22,24-26,28H,2-6,15-17H2,1H3. The van der Waals surface area contributed by atoms with Crippen LogP contribution in [0.25, 0.3) is 0 Å². The number of aliphatic hydroxyl groups is 1. The van der Waals surface area contributed by atoms with Crippen LogP contribution in [0.4, 0.5) is 11.4 Å². The number of rotatable bonds is 6. The van der Waals surface area contributed by atoms with Crippen LogP contribution in [0.15, 0.2) is 48.5 Å². The van der Waals surface area contributed by atoms with Gasteiger partial charge in [-0.05, 0) is 62.1 Å².